The Morgan fingerprint density at radius 3 is 2.53 bits per heavy atom. The maximum atomic E-state index is 5.52. The smallest absolute Gasteiger partial charge is 0.119 e. The molecule has 15 heavy (non-hydrogen) atoms. The molecule has 0 amide bonds. The van der Waals surface area contributed by atoms with Crippen LogP contribution in [0.4, 0.5) is 0 Å². The van der Waals surface area contributed by atoms with Crippen LogP contribution in [0.5, 0.6) is 5.75 Å². The fraction of sp³-hybridized carbons (Fsp3) is 0.500. The van der Waals surface area contributed by atoms with Crippen LogP contribution >= 0.6 is 0 Å². The summed E-state index contributed by atoms with van der Waals surface area (Å²) >= 11 is 0. The van der Waals surface area contributed by atoms with Gasteiger partial charge in [0.15, 0.2) is 0 Å². The quantitative estimate of drug-likeness (QED) is 0.725. The van der Waals surface area contributed by atoms with Crippen molar-refractivity contribution < 1.29 is 9.47 Å². The number of rotatable bonds is 6. The van der Waals surface area contributed by atoms with E-state index in [0.29, 0.717) is 26.4 Å². The normalized spacial score (nSPS) is 10.3. The zero-order valence-electron chi connectivity index (χ0n) is 9.45. The first-order chi connectivity index (χ1) is 7.24. The average Bonchev–Trinajstić information content (AvgIpc) is 2.23. The van der Waals surface area contributed by atoms with E-state index in [9.17, 15) is 0 Å². The van der Waals surface area contributed by atoms with E-state index in [1.807, 2.05) is 12.1 Å². The maximum Gasteiger partial charge on any atom is 0.119 e. The van der Waals surface area contributed by atoms with Gasteiger partial charge < -0.3 is 15.2 Å². The summed E-state index contributed by atoms with van der Waals surface area (Å²) in [4.78, 5) is 0. The van der Waals surface area contributed by atoms with E-state index in [-0.39, 0.29) is 0 Å². The van der Waals surface area contributed by atoms with Crippen molar-refractivity contribution >= 4 is 0 Å². The summed E-state index contributed by atoms with van der Waals surface area (Å²) in [6, 6.07) is 6.08. The Kier molecular flexibility index (Phi) is 5.15. The molecule has 1 aromatic carbocycles. The van der Waals surface area contributed by atoms with Gasteiger partial charge in [-0.05, 0) is 37.1 Å². The number of aryl methyl sites for hydroxylation is 2. The van der Waals surface area contributed by atoms with Gasteiger partial charge in [0.25, 0.3) is 0 Å². The second kappa shape index (κ2) is 6.43. The van der Waals surface area contributed by atoms with Gasteiger partial charge in [0.1, 0.15) is 12.4 Å². The van der Waals surface area contributed by atoms with Crippen molar-refractivity contribution in [3.63, 3.8) is 0 Å². The van der Waals surface area contributed by atoms with Gasteiger partial charge in [0.2, 0.25) is 0 Å². The molecule has 0 heterocycles. The fourth-order valence-corrected chi connectivity index (χ4v) is 1.21. The van der Waals surface area contributed by atoms with Crippen LogP contribution in [0, 0.1) is 13.8 Å². The third-order valence-electron chi connectivity index (χ3n) is 2.24. The number of hydrogen-bond donors (Lipinski definition) is 1. The van der Waals surface area contributed by atoms with Gasteiger partial charge in [-0.1, -0.05) is 6.07 Å². The highest BCUT2D eigenvalue weighted by Crippen LogP contribution is 2.16. The SMILES string of the molecule is Cc1ccc(OCCOCCN)cc1C. The second-order valence-electron chi connectivity index (χ2n) is 3.50. The van der Waals surface area contributed by atoms with Crippen LogP contribution in [0.15, 0.2) is 18.2 Å². The van der Waals surface area contributed by atoms with Crippen molar-refractivity contribution in [3.05, 3.63) is 29.3 Å². The van der Waals surface area contributed by atoms with Crippen molar-refractivity contribution in [2.45, 2.75) is 13.8 Å². The molecule has 1 rings (SSSR count). The van der Waals surface area contributed by atoms with Gasteiger partial charge in [-0.25, -0.2) is 0 Å². The molecular weight excluding hydrogens is 190 g/mol. The molecule has 3 heteroatoms. The number of benzene rings is 1. The molecule has 2 N–H and O–H groups in total. The summed E-state index contributed by atoms with van der Waals surface area (Å²) < 4.78 is 10.7. The van der Waals surface area contributed by atoms with Gasteiger partial charge >= 0.3 is 0 Å². The zero-order chi connectivity index (χ0) is 11.1. The van der Waals surface area contributed by atoms with Crippen LogP contribution in [-0.2, 0) is 4.74 Å². The minimum atomic E-state index is 0.559. The number of hydrogen-bond acceptors (Lipinski definition) is 3. The summed E-state index contributed by atoms with van der Waals surface area (Å²) in [5.41, 5.74) is 7.82. The van der Waals surface area contributed by atoms with Crippen LogP contribution in [0.1, 0.15) is 11.1 Å². The maximum absolute atomic E-state index is 5.52. The van der Waals surface area contributed by atoms with Crippen LogP contribution in [0.3, 0.4) is 0 Å². The predicted molar refractivity (Wildman–Crippen MR) is 61.3 cm³/mol. The van der Waals surface area contributed by atoms with Gasteiger partial charge in [0, 0.05) is 6.54 Å². The zero-order valence-corrected chi connectivity index (χ0v) is 9.45. The van der Waals surface area contributed by atoms with Crippen molar-refractivity contribution in [1.29, 1.82) is 0 Å². The Bertz CT molecular complexity index is 300. The molecular formula is C12H19NO2. The van der Waals surface area contributed by atoms with Gasteiger partial charge in [-0.15, -0.1) is 0 Å². The lowest BCUT2D eigenvalue weighted by atomic mass is 10.1. The number of nitrogens with two attached hydrogens (primary N) is 1. The van der Waals surface area contributed by atoms with E-state index in [1.54, 1.807) is 0 Å². The van der Waals surface area contributed by atoms with Gasteiger partial charge in [-0.2, -0.15) is 0 Å². The lowest BCUT2D eigenvalue weighted by molar-refractivity contribution is 0.106. The minimum Gasteiger partial charge on any atom is -0.491 e. The molecule has 0 aliphatic heterocycles. The van der Waals surface area contributed by atoms with Crippen molar-refractivity contribution in [2.75, 3.05) is 26.4 Å². The molecule has 0 bridgehead atoms. The molecule has 0 atom stereocenters. The highest BCUT2D eigenvalue weighted by molar-refractivity contribution is 5.33. The topological polar surface area (TPSA) is 44.5 Å². The molecule has 3 nitrogen and oxygen atoms in total. The third kappa shape index (κ3) is 4.32. The molecule has 0 spiro atoms. The van der Waals surface area contributed by atoms with Crippen LogP contribution in [0.2, 0.25) is 0 Å². The Hall–Kier alpha value is -1.06. The van der Waals surface area contributed by atoms with E-state index in [1.165, 1.54) is 11.1 Å². The summed E-state index contributed by atoms with van der Waals surface area (Å²) in [5.74, 6) is 0.898. The van der Waals surface area contributed by atoms with Crippen LogP contribution < -0.4 is 10.5 Å². The summed E-state index contributed by atoms with van der Waals surface area (Å²) in [6.45, 7) is 6.48. The van der Waals surface area contributed by atoms with E-state index in [2.05, 4.69) is 19.9 Å². The second-order valence-corrected chi connectivity index (χ2v) is 3.50. The standard InChI is InChI=1S/C12H19NO2/c1-10-3-4-12(9-11(10)2)15-8-7-14-6-5-13/h3-4,9H,5-8,13H2,1-2H3. The molecule has 0 saturated heterocycles. The molecule has 0 fully saturated rings. The van der Waals surface area contributed by atoms with Crippen molar-refractivity contribution in [1.82, 2.24) is 0 Å². The van der Waals surface area contributed by atoms with Gasteiger partial charge in [-0.3, -0.25) is 0 Å². The average molecular weight is 209 g/mol. The molecule has 1 aromatic rings. The predicted octanol–water partition coefficient (Wildman–Crippen LogP) is 1.66. The van der Waals surface area contributed by atoms with Gasteiger partial charge in [0.05, 0.1) is 13.2 Å². The Labute approximate surface area is 91.2 Å². The van der Waals surface area contributed by atoms with E-state index in [0.717, 1.165) is 5.75 Å². The molecule has 0 unspecified atom stereocenters. The molecule has 0 aliphatic rings. The Balaban J connectivity index is 2.28. The third-order valence-corrected chi connectivity index (χ3v) is 2.24. The van der Waals surface area contributed by atoms with Crippen LogP contribution in [0.25, 0.3) is 0 Å². The lowest BCUT2D eigenvalue weighted by Gasteiger charge is -2.08. The number of ether oxygens (including phenoxy) is 2. The Morgan fingerprint density at radius 2 is 1.87 bits per heavy atom. The van der Waals surface area contributed by atoms with E-state index >= 15 is 0 Å². The van der Waals surface area contributed by atoms with E-state index in [4.69, 9.17) is 15.2 Å². The molecule has 0 aromatic heterocycles. The molecule has 84 valence electrons. The monoisotopic (exact) mass is 209 g/mol. The first kappa shape index (κ1) is 12.0. The summed E-state index contributed by atoms with van der Waals surface area (Å²) in [5, 5.41) is 0. The highest BCUT2D eigenvalue weighted by atomic mass is 16.5. The van der Waals surface area contributed by atoms with E-state index < -0.39 is 0 Å². The largest absolute Gasteiger partial charge is 0.491 e. The molecule has 0 saturated carbocycles. The molecule has 0 aliphatic carbocycles. The Morgan fingerprint density at radius 1 is 1.07 bits per heavy atom. The summed E-state index contributed by atoms with van der Waals surface area (Å²) in [6.07, 6.45) is 0. The minimum absolute atomic E-state index is 0.559. The highest BCUT2D eigenvalue weighted by Gasteiger charge is 1.96. The summed E-state index contributed by atoms with van der Waals surface area (Å²) in [7, 11) is 0. The van der Waals surface area contributed by atoms with Crippen molar-refractivity contribution in [3.8, 4) is 5.75 Å². The molecule has 0 radical (unpaired) electrons. The fourth-order valence-electron chi connectivity index (χ4n) is 1.21. The lowest BCUT2D eigenvalue weighted by Crippen LogP contribution is -2.13. The van der Waals surface area contributed by atoms with Crippen LogP contribution in [-0.4, -0.2) is 26.4 Å². The first-order valence-corrected chi connectivity index (χ1v) is 5.22. The first-order valence-electron chi connectivity index (χ1n) is 5.22. The van der Waals surface area contributed by atoms with Crippen molar-refractivity contribution in [2.24, 2.45) is 5.73 Å².